The fourth-order valence-corrected chi connectivity index (χ4v) is 2.10. The quantitative estimate of drug-likeness (QED) is 0.724. The van der Waals surface area contributed by atoms with E-state index in [0.29, 0.717) is 6.54 Å². The van der Waals surface area contributed by atoms with E-state index in [9.17, 15) is 0 Å². The van der Waals surface area contributed by atoms with E-state index in [1.807, 2.05) is 13.1 Å². The van der Waals surface area contributed by atoms with Crippen LogP contribution in [0.15, 0.2) is 17.5 Å². The van der Waals surface area contributed by atoms with Crippen LogP contribution in [0.1, 0.15) is 4.88 Å². The van der Waals surface area contributed by atoms with Crippen molar-refractivity contribution in [3.63, 3.8) is 0 Å². The molecule has 0 bridgehead atoms. The number of hydrogen-bond donors (Lipinski definition) is 0. The molecule has 0 saturated heterocycles. The zero-order valence-corrected chi connectivity index (χ0v) is 9.68. The number of rotatable bonds is 5. The van der Waals surface area contributed by atoms with E-state index < -0.39 is 5.38 Å². The Balaban J connectivity index is 2.22. The molecule has 0 N–H and O–H groups in total. The van der Waals surface area contributed by atoms with Crippen molar-refractivity contribution in [1.29, 1.82) is 5.26 Å². The minimum atomic E-state index is -0.400. The molecular formula is C10H13ClN2S. The van der Waals surface area contributed by atoms with Crippen LogP contribution in [0.25, 0.3) is 0 Å². The van der Waals surface area contributed by atoms with E-state index in [4.69, 9.17) is 16.9 Å². The van der Waals surface area contributed by atoms with Gasteiger partial charge in [-0.3, -0.25) is 0 Å². The fourth-order valence-electron chi connectivity index (χ4n) is 1.16. The summed E-state index contributed by atoms with van der Waals surface area (Å²) in [4.78, 5) is 3.46. The Morgan fingerprint density at radius 1 is 1.71 bits per heavy atom. The van der Waals surface area contributed by atoms with Crippen LogP contribution in [0.4, 0.5) is 0 Å². The van der Waals surface area contributed by atoms with E-state index in [2.05, 4.69) is 22.4 Å². The normalized spacial score (nSPS) is 12.7. The first-order chi connectivity index (χ1) is 6.72. The van der Waals surface area contributed by atoms with Gasteiger partial charge in [-0.05, 0) is 24.9 Å². The molecule has 1 unspecified atom stereocenters. The monoisotopic (exact) mass is 228 g/mol. The van der Waals surface area contributed by atoms with Crippen molar-refractivity contribution >= 4 is 22.9 Å². The minimum absolute atomic E-state index is 0.400. The summed E-state index contributed by atoms with van der Waals surface area (Å²) < 4.78 is 0. The molecule has 2 nitrogen and oxygen atoms in total. The summed E-state index contributed by atoms with van der Waals surface area (Å²) in [6.07, 6.45) is 1.03. The predicted molar refractivity (Wildman–Crippen MR) is 60.8 cm³/mol. The second-order valence-corrected chi connectivity index (χ2v) is 4.75. The van der Waals surface area contributed by atoms with E-state index in [0.717, 1.165) is 13.0 Å². The number of halogens is 1. The van der Waals surface area contributed by atoms with Gasteiger partial charge in [-0.15, -0.1) is 22.9 Å². The summed E-state index contributed by atoms with van der Waals surface area (Å²) >= 11 is 7.49. The summed E-state index contributed by atoms with van der Waals surface area (Å²) in [5.41, 5.74) is 0. The average molecular weight is 229 g/mol. The van der Waals surface area contributed by atoms with Crippen molar-refractivity contribution in [2.24, 2.45) is 0 Å². The van der Waals surface area contributed by atoms with E-state index in [1.165, 1.54) is 4.88 Å². The Kier molecular flexibility index (Phi) is 4.95. The molecule has 0 aliphatic carbocycles. The summed E-state index contributed by atoms with van der Waals surface area (Å²) in [5.74, 6) is 0. The molecule has 1 heterocycles. The molecule has 0 aliphatic rings. The molecular weight excluding hydrogens is 216 g/mol. The molecule has 76 valence electrons. The minimum Gasteiger partial charge on any atom is -0.303 e. The van der Waals surface area contributed by atoms with E-state index in [-0.39, 0.29) is 0 Å². The Morgan fingerprint density at radius 3 is 3.07 bits per heavy atom. The lowest BCUT2D eigenvalue weighted by Gasteiger charge is -2.15. The van der Waals surface area contributed by atoms with Crippen LogP contribution in [0.2, 0.25) is 0 Å². The Hall–Kier alpha value is -0.560. The molecule has 0 saturated carbocycles. The molecule has 1 aromatic heterocycles. The van der Waals surface area contributed by atoms with Crippen LogP contribution in [0, 0.1) is 11.3 Å². The SMILES string of the molecule is CN(CCc1cccs1)CC(Cl)C#N. The van der Waals surface area contributed by atoms with Gasteiger partial charge in [0.1, 0.15) is 5.38 Å². The van der Waals surface area contributed by atoms with E-state index >= 15 is 0 Å². The van der Waals surface area contributed by atoms with Gasteiger partial charge < -0.3 is 4.90 Å². The van der Waals surface area contributed by atoms with Gasteiger partial charge in [-0.2, -0.15) is 5.26 Å². The largest absolute Gasteiger partial charge is 0.303 e. The number of likely N-dealkylation sites (N-methyl/N-ethyl adjacent to an activating group) is 1. The van der Waals surface area contributed by atoms with Gasteiger partial charge in [-0.1, -0.05) is 6.07 Å². The van der Waals surface area contributed by atoms with Gasteiger partial charge in [0.05, 0.1) is 6.07 Å². The van der Waals surface area contributed by atoms with Crippen molar-refractivity contribution in [1.82, 2.24) is 4.90 Å². The third kappa shape index (κ3) is 4.10. The zero-order valence-electron chi connectivity index (χ0n) is 8.11. The molecule has 1 rings (SSSR count). The van der Waals surface area contributed by atoms with E-state index in [1.54, 1.807) is 11.3 Å². The highest BCUT2D eigenvalue weighted by atomic mass is 35.5. The average Bonchev–Trinajstić information content (AvgIpc) is 2.67. The highest BCUT2D eigenvalue weighted by Crippen LogP contribution is 2.09. The topological polar surface area (TPSA) is 27.0 Å². The standard InChI is InChI=1S/C10H13ClN2S/c1-13(8-9(11)7-12)5-4-10-3-2-6-14-10/h2-3,6,9H,4-5,8H2,1H3. The third-order valence-electron chi connectivity index (χ3n) is 1.93. The number of nitriles is 1. The third-order valence-corrected chi connectivity index (χ3v) is 3.10. The number of alkyl halides is 1. The van der Waals surface area contributed by atoms with Crippen LogP contribution in [0.3, 0.4) is 0 Å². The van der Waals surface area contributed by atoms with Crippen molar-refractivity contribution in [3.05, 3.63) is 22.4 Å². The Labute approximate surface area is 93.7 Å². The lowest BCUT2D eigenvalue weighted by molar-refractivity contribution is 0.349. The predicted octanol–water partition coefficient (Wildman–Crippen LogP) is 2.35. The smallest absolute Gasteiger partial charge is 0.133 e. The molecule has 0 amide bonds. The molecule has 0 fully saturated rings. The highest BCUT2D eigenvalue weighted by Gasteiger charge is 2.06. The maximum atomic E-state index is 8.53. The molecule has 14 heavy (non-hydrogen) atoms. The van der Waals surface area contributed by atoms with Crippen LogP contribution in [0.5, 0.6) is 0 Å². The Morgan fingerprint density at radius 2 is 2.50 bits per heavy atom. The number of thiophene rings is 1. The fraction of sp³-hybridized carbons (Fsp3) is 0.500. The number of nitrogens with zero attached hydrogens (tertiary/aromatic N) is 2. The molecule has 0 aromatic carbocycles. The van der Waals surface area contributed by atoms with Gasteiger partial charge in [0.2, 0.25) is 0 Å². The second-order valence-electron chi connectivity index (χ2n) is 3.19. The summed E-state index contributed by atoms with van der Waals surface area (Å²) in [5, 5.41) is 10.2. The molecule has 0 aliphatic heterocycles. The highest BCUT2D eigenvalue weighted by molar-refractivity contribution is 7.09. The lowest BCUT2D eigenvalue weighted by Crippen LogP contribution is -2.27. The maximum absolute atomic E-state index is 8.53. The molecule has 4 heteroatoms. The maximum Gasteiger partial charge on any atom is 0.133 e. The number of hydrogen-bond acceptors (Lipinski definition) is 3. The molecule has 1 aromatic rings. The van der Waals surface area contributed by atoms with Crippen LogP contribution < -0.4 is 0 Å². The van der Waals surface area contributed by atoms with Crippen LogP contribution >= 0.6 is 22.9 Å². The molecule has 1 atom stereocenters. The van der Waals surface area contributed by atoms with Crippen molar-refractivity contribution in [3.8, 4) is 6.07 Å². The van der Waals surface area contributed by atoms with Gasteiger partial charge in [0, 0.05) is 18.0 Å². The molecule has 0 radical (unpaired) electrons. The first-order valence-corrected chi connectivity index (χ1v) is 5.78. The summed E-state index contributed by atoms with van der Waals surface area (Å²) in [7, 11) is 1.99. The van der Waals surface area contributed by atoms with Gasteiger partial charge in [0.15, 0.2) is 0 Å². The van der Waals surface area contributed by atoms with Gasteiger partial charge in [0.25, 0.3) is 0 Å². The van der Waals surface area contributed by atoms with Gasteiger partial charge in [-0.25, -0.2) is 0 Å². The Bertz CT molecular complexity index is 292. The molecule has 0 spiro atoms. The van der Waals surface area contributed by atoms with Crippen LogP contribution in [-0.4, -0.2) is 30.4 Å². The first kappa shape index (κ1) is 11.5. The second kappa shape index (κ2) is 6.02. The van der Waals surface area contributed by atoms with Crippen LogP contribution in [-0.2, 0) is 6.42 Å². The van der Waals surface area contributed by atoms with Crippen molar-refractivity contribution < 1.29 is 0 Å². The summed E-state index contributed by atoms with van der Waals surface area (Å²) in [6.45, 7) is 1.58. The van der Waals surface area contributed by atoms with Gasteiger partial charge >= 0.3 is 0 Å². The van der Waals surface area contributed by atoms with Crippen molar-refractivity contribution in [2.45, 2.75) is 11.8 Å². The lowest BCUT2D eigenvalue weighted by atomic mass is 10.3. The zero-order chi connectivity index (χ0) is 10.4. The van der Waals surface area contributed by atoms with Crippen molar-refractivity contribution in [2.75, 3.05) is 20.1 Å². The first-order valence-electron chi connectivity index (χ1n) is 4.47. The summed E-state index contributed by atoms with van der Waals surface area (Å²) in [6, 6.07) is 6.20.